The number of aliphatic hydroxyl groups excluding tert-OH is 1. The van der Waals surface area contributed by atoms with Crippen molar-refractivity contribution in [3.05, 3.63) is 0 Å². The van der Waals surface area contributed by atoms with Crippen LogP contribution in [0, 0.1) is 0 Å². The maximum absolute atomic E-state index is 11.8. The third-order valence-electron chi connectivity index (χ3n) is 3.48. The normalized spacial score (nSPS) is 29.9. The van der Waals surface area contributed by atoms with Gasteiger partial charge in [-0.3, -0.25) is 9.80 Å². The zero-order valence-corrected chi connectivity index (χ0v) is 10.2. The van der Waals surface area contributed by atoms with E-state index in [0.29, 0.717) is 19.4 Å². The van der Waals surface area contributed by atoms with Crippen molar-refractivity contribution in [3.63, 3.8) is 0 Å². The van der Waals surface area contributed by atoms with Crippen LogP contribution in [0.2, 0.25) is 0 Å². The average molecular weight is 214 g/mol. The first kappa shape index (κ1) is 12.5. The van der Waals surface area contributed by atoms with E-state index in [1.54, 1.807) is 11.9 Å². The molecular formula is C11H22N2O2. The summed E-state index contributed by atoms with van der Waals surface area (Å²) in [5.41, 5.74) is -0.0459. The molecule has 0 aliphatic carbocycles. The minimum absolute atomic E-state index is 0.0459. The maximum atomic E-state index is 11.8. The molecule has 88 valence electrons. The molecule has 1 saturated heterocycles. The van der Waals surface area contributed by atoms with E-state index >= 15 is 0 Å². The van der Waals surface area contributed by atoms with Crippen molar-refractivity contribution in [3.8, 4) is 0 Å². The number of rotatable bonds is 4. The van der Waals surface area contributed by atoms with Gasteiger partial charge in [0.15, 0.2) is 0 Å². The first-order valence-corrected chi connectivity index (χ1v) is 5.63. The summed E-state index contributed by atoms with van der Waals surface area (Å²) in [7, 11) is 1.95. The van der Waals surface area contributed by atoms with Crippen LogP contribution in [0.1, 0.15) is 40.0 Å². The Morgan fingerprint density at radius 1 is 1.60 bits per heavy atom. The molecule has 1 rings (SSSR count). The van der Waals surface area contributed by atoms with Crippen LogP contribution < -0.4 is 0 Å². The van der Waals surface area contributed by atoms with E-state index in [2.05, 4.69) is 13.8 Å². The van der Waals surface area contributed by atoms with Gasteiger partial charge in [-0.05, 0) is 26.7 Å². The maximum Gasteiger partial charge on any atom is 0.238 e. The lowest BCUT2D eigenvalue weighted by Gasteiger charge is -2.35. The monoisotopic (exact) mass is 214 g/mol. The molecule has 0 spiro atoms. The Balaban J connectivity index is 2.63. The molecule has 0 bridgehead atoms. The van der Waals surface area contributed by atoms with Gasteiger partial charge >= 0.3 is 0 Å². The van der Waals surface area contributed by atoms with Crippen LogP contribution in [0.4, 0.5) is 0 Å². The summed E-state index contributed by atoms with van der Waals surface area (Å²) < 4.78 is 0. The number of nitrogens with zero attached hydrogens (tertiary/aromatic N) is 2. The van der Waals surface area contributed by atoms with E-state index in [9.17, 15) is 9.90 Å². The third kappa shape index (κ3) is 2.49. The zero-order valence-electron chi connectivity index (χ0n) is 10.2. The summed E-state index contributed by atoms with van der Waals surface area (Å²) in [6.07, 6.45) is 1.83. The van der Waals surface area contributed by atoms with E-state index in [1.165, 1.54) is 0 Å². The fraction of sp³-hybridized carbons (Fsp3) is 0.909. The van der Waals surface area contributed by atoms with Crippen LogP contribution in [0.3, 0.4) is 0 Å². The fourth-order valence-corrected chi connectivity index (χ4v) is 1.93. The van der Waals surface area contributed by atoms with Gasteiger partial charge in [0.25, 0.3) is 0 Å². The van der Waals surface area contributed by atoms with Crippen LogP contribution in [0.5, 0.6) is 0 Å². The molecule has 15 heavy (non-hydrogen) atoms. The van der Waals surface area contributed by atoms with Gasteiger partial charge < -0.3 is 5.11 Å². The standard InChI is InChI=1S/C11H22N2O2/c1-5-11(3)8-10(15)13(12(11)4)7-6-9(2)14/h9,14H,5-8H2,1-4H3. The Bertz CT molecular complexity index is 243. The van der Waals surface area contributed by atoms with Crippen molar-refractivity contribution >= 4 is 5.91 Å². The number of hydrazine groups is 1. The van der Waals surface area contributed by atoms with Crippen molar-refractivity contribution in [1.82, 2.24) is 10.0 Å². The van der Waals surface area contributed by atoms with Gasteiger partial charge in [-0.2, -0.15) is 0 Å². The summed E-state index contributed by atoms with van der Waals surface area (Å²) in [5, 5.41) is 13.0. The van der Waals surface area contributed by atoms with E-state index in [0.717, 1.165) is 6.42 Å². The first-order chi connectivity index (χ1) is 6.90. The van der Waals surface area contributed by atoms with Crippen LogP contribution in [-0.2, 0) is 4.79 Å². The molecule has 0 aromatic rings. The first-order valence-electron chi connectivity index (χ1n) is 5.63. The molecule has 0 saturated carbocycles. The Kier molecular flexibility index (Phi) is 3.73. The highest BCUT2D eigenvalue weighted by Crippen LogP contribution is 2.31. The van der Waals surface area contributed by atoms with Crippen molar-refractivity contribution in [2.24, 2.45) is 0 Å². The van der Waals surface area contributed by atoms with Crippen molar-refractivity contribution < 1.29 is 9.90 Å². The largest absolute Gasteiger partial charge is 0.393 e. The number of hydrogen-bond donors (Lipinski definition) is 1. The van der Waals surface area contributed by atoms with E-state index < -0.39 is 0 Å². The van der Waals surface area contributed by atoms with Gasteiger partial charge in [0, 0.05) is 25.6 Å². The molecule has 0 aromatic heterocycles. The van der Waals surface area contributed by atoms with Gasteiger partial charge in [-0.25, -0.2) is 5.01 Å². The van der Waals surface area contributed by atoms with Gasteiger partial charge in [0.1, 0.15) is 0 Å². The predicted molar refractivity (Wildman–Crippen MR) is 59.1 cm³/mol. The van der Waals surface area contributed by atoms with Crippen LogP contribution in [-0.4, -0.2) is 46.3 Å². The van der Waals surface area contributed by atoms with Gasteiger partial charge in [-0.1, -0.05) is 6.92 Å². The Morgan fingerprint density at radius 3 is 2.60 bits per heavy atom. The average Bonchev–Trinajstić information content (AvgIpc) is 2.37. The van der Waals surface area contributed by atoms with Gasteiger partial charge in [0.2, 0.25) is 5.91 Å². The molecular weight excluding hydrogens is 192 g/mol. The van der Waals surface area contributed by atoms with E-state index in [4.69, 9.17) is 0 Å². The second-order valence-corrected chi connectivity index (χ2v) is 4.71. The summed E-state index contributed by atoms with van der Waals surface area (Å²) in [6, 6.07) is 0. The molecule has 0 aromatic carbocycles. The number of aliphatic hydroxyl groups is 1. The van der Waals surface area contributed by atoms with E-state index in [-0.39, 0.29) is 17.6 Å². The SMILES string of the molecule is CCC1(C)CC(=O)N(CCC(C)O)N1C. The fourth-order valence-electron chi connectivity index (χ4n) is 1.93. The molecule has 0 radical (unpaired) electrons. The van der Waals surface area contributed by atoms with Crippen molar-refractivity contribution in [2.45, 2.75) is 51.7 Å². The molecule has 1 amide bonds. The van der Waals surface area contributed by atoms with Gasteiger partial charge in [-0.15, -0.1) is 0 Å². The Morgan fingerprint density at radius 2 is 2.20 bits per heavy atom. The molecule has 1 heterocycles. The summed E-state index contributed by atoms with van der Waals surface area (Å²) in [4.78, 5) is 11.8. The second-order valence-electron chi connectivity index (χ2n) is 4.71. The molecule has 1 aliphatic heterocycles. The van der Waals surface area contributed by atoms with Crippen LogP contribution in [0.15, 0.2) is 0 Å². The van der Waals surface area contributed by atoms with E-state index in [1.807, 2.05) is 12.1 Å². The van der Waals surface area contributed by atoms with Crippen molar-refractivity contribution in [2.75, 3.05) is 13.6 Å². The second kappa shape index (κ2) is 4.49. The quantitative estimate of drug-likeness (QED) is 0.759. The number of hydrogen-bond acceptors (Lipinski definition) is 3. The molecule has 1 N–H and O–H groups in total. The summed E-state index contributed by atoms with van der Waals surface area (Å²) in [6.45, 7) is 6.57. The lowest BCUT2D eigenvalue weighted by Crippen LogP contribution is -2.46. The highest BCUT2D eigenvalue weighted by atomic mass is 16.3. The molecule has 1 fully saturated rings. The molecule has 2 unspecified atom stereocenters. The number of carbonyl (C=O) groups is 1. The van der Waals surface area contributed by atoms with Crippen molar-refractivity contribution in [1.29, 1.82) is 0 Å². The minimum Gasteiger partial charge on any atom is -0.393 e. The zero-order chi connectivity index (χ0) is 11.6. The smallest absolute Gasteiger partial charge is 0.238 e. The molecule has 4 heteroatoms. The molecule has 1 aliphatic rings. The van der Waals surface area contributed by atoms with Gasteiger partial charge in [0.05, 0.1) is 6.10 Å². The number of amides is 1. The minimum atomic E-state index is -0.348. The highest BCUT2D eigenvalue weighted by molar-refractivity contribution is 5.79. The Labute approximate surface area is 91.8 Å². The predicted octanol–water partition coefficient (Wildman–Crippen LogP) is 1.01. The summed E-state index contributed by atoms with van der Waals surface area (Å²) in [5.74, 6) is 0.169. The summed E-state index contributed by atoms with van der Waals surface area (Å²) >= 11 is 0. The lowest BCUT2D eigenvalue weighted by atomic mass is 9.96. The molecule has 2 atom stereocenters. The van der Waals surface area contributed by atoms with Crippen LogP contribution >= 0.6 is 0 Å². The molecule has 4 nitrogen and oxygen atoms in total. The van der Waals surface area contributed by atoms with Crippen LogP contribution in [0.25, 0.3) is 0 Å². The number of carbonyl (C=O) groups excluding carboxylic acids is 1. The highest BCUT2D eigenvalue weighted by Gasteiger charge is 2.42. The topological polar surface area (TPSA) is 43.8 Å². The Hall–Kier alpha value is -0.610. The lowest BCUT2D eigenvalue weighted by molar-refractivity contribution is -0.138. The third-order valence-corrected chi connectivity index (χ3v) is 3.48.